The summed E-state index contributed by atoms with van der Waals surface area (Å²) in [4.78, 5) is 37.4. The van der Waals surface area contributed by atoms with E-state index in [1.54, 1.807) is 18.7 Å². The summed E-state index contributed by atoms with van der Waals surface area (Å²) in [6.07, 6.45) is -0.338. The number of aromatic amines is 1. The van der Waals surface area contributed by atoms with Gasteiger partial charge in [0.25, 0.3) is 11.3 Å². The zero-order valence-corrected chi connectivity index (χ0v) is 15.9. The van der Waals surface area contributed by atoms with E-state index < -0.39 is 0 Å². The van der Waals surface area contributed by atoms with Gasteiger partial charge < -0.3 is 14.5 Å². The van der Waals surface area contributed by atoms with Gasteiger partial charge in [-0.05, 0) is 19.4 Å². The van der Waals surface area contributed by atoms with Crippen molar-refractivity contribution in [1.29, 1.82) is 0 Å². The third-order valence-electron chi connectivity index (χ3n) is 4.82. The third kappa shape index (κ3) is 3.42. The molecule has 0 spiro atoms. The molecule has 2 aromatic heterocycles. The summed E-state index contributed by atoms with van der Waals surface area (Å²) in [5.74, 6) is 0.999. The molecule has 1 aliphatic heterocycles. The molecule has 28 heavy (non-hydrogen) atoms. The molecule has 1 aromatic carbocycles. The van der Waals surface area contributed by atoms with E-state index in [1.165, 1.54) is 4.52 Å². The number of ether oxygens (including phenoxy) is 1. The van der Waals surface area contributed by atoms with Crippen molar-refractivity contribution in [2.45, 2.75) is 20.5 Å². The SMILES string of the molecule is Cc1nc2nc(C)c(N3CCN(C(=O)OCc4ccccc4)CC3)c(=O)n2[nH]1. The zero-order chi connectivity index (χ0) is 19.7. The molecule has 1 N–H and O–H groups in total. The fourth-order valence-electron chi connectivity index (χ4n) is 3.40. The average molecular weight is 382 g/mol. The molecule has 9 nitrogen and oxygen atoms in total. The van der Waals surface area contributed by atoms with Gasteiger partial charge in [0, 0.05) is 26.2 Å². The normalized spacial score (nSPS) is 14.5. The number of hydrogen-bond acceptors (Lipinski definition) is 6. The summed E-state index contributed by atoms with van der Waals surface area (Å²) < 4.78 is 6.75. The Kier molecular flexibility index (Phi) is 4.72. The first-order chi connectivity index (χ1) is 13.5. The number of anilines is 1. The van der Waals surface area contributed by atoms with Crippen molar-refractivity contribution in [3.63, 3.8) is 0 Å². The number of nitrogens with one attached hydrogen (secondary N) is 1. The van der Waals surface area contributed by atoms with Crippen molar-refractivity contribution in [3.05, 3.63) is 57.8 Å². The van der Waals surface area contributed by atoms with E-state index in [2.05, 4.69) is 15.1 Å². The highest BCUT2D eigenvalue weighted by molar-refractivity contribution is 5.68. The number of fused-ring (bicyclic) bond motifs is 1. The Hall–Kier alpha value is -3.36. The minimum absolute atomic E-state index is 0.178. The van der Waals surface area contributed by atoms with Crippen LogP contribution in [0.25, 0.3) is 5.78 Å². The Morgan fingerprint density at radius 1 is 1.11 bits per heavy atom. The number of carbonyl (C=O) groups is 1. The topological polar surface area (TPSA) is 95.8 Å². The van der Waals surface area contributed by atoms with Gasteiger partial charge in [0.2, 0.25) is 0 Å². The van der Waals surface area contributed by atoms with Gasteiger partial charge in [-0.3, -0.25) is 9.89 Å². The first kappa shape index (κ1) is 18.0. The van der Waals surface area contributed by atoms with E-state index in [9.17, 15) is 9.59 Å². The van der Waals surface area contributed by atoms with Gasteiger partial charge in [0.15, 0.2) is 0 Å². The summed E-state index contributed by atoms with van der Waals surface area (Å²) >= 11 is 0. The van der Waals surface area contributed by atoms with Gasteiger partial charge in [-0.25, -0.2) is 9.78 Å². The zero-order valence-electron chi connectivity index (χ0n) is 15.9. The van der Waals surface area contributed by atoms with Crippen LogP contribution >= 0.6 is 0 Å². The molecular formula is C19H22N6O3. The van der Waals surface area contributed by atoms with Gasteiger partial charge in [-0.2, -0.15) is 9.50 Å². The van der Waals surface area contributed by atoms with Crippen molar-refractivity contribution >= 4 is 17.6 Å². The molecule has 1 aliphatic rings. The first-order valence-corrected chi connectivity index (χ1v) is 9.19. The average Bonchev–Trinajstić information content (AvgIpc) is 3.08. The van der Waals surface area contributed by atoms with E-state index in [4.69, 9.17) is 4.74 Å². The third-order valence-corrected chi connectivity index (χ3v) is 4.82. The highest BCUT2D eigenvalue weighted by Gasteiger charge is 2.26. The second-order valence-corrected chi connectivity index (χ2v) is 6.81. The molecule has 0 atom stereocenters. The molecule has 4 rings (SSSR count). The van der Waals surface area contributed by atoms with Gasteiger partial charge in [0.05, 0.1) is 5.69 Å². The minimum atomic E-state index is -0.338. The second kappa shape index (κ2) is 7.34. The van der Waals surface area contributed by atoms with Crippen LogP contribution in [0.4, 0.5) is 10.5 Å². The summed E-state index contributed by atoms with van der Waals surface area (Å²) in [7, 11) is 0. The van der Waals surface area contributed by atoms with E-state index in [-0.39, 0.29) is 18.3 Å². The number of carbonyl (C=O) groups excluding carboxylic acids is 1. The molecule has 1 fully saturated rings. The van der Waals surface area contributed by atoms with Crippen LogP contribution in [0.2, 0.25) is 0 Å². The van der Waals surface area contributed by atoms with Gasteiger partial charge >= 0.3 is 6.09 Å². The predicted octanol–water partition coefficient (Wildman–Crippen LogP) is 1.49. The fourth-order valence-corrected chi connectivity index (χ4v) is 3.40. The van der Waals surface area contributed by atoms with Crippen LogP contribution in [0.1, 0.15) is 17.1 Å². The number of piperazine rings is 1. The Bertz CT molecular complexity index is 1050. The number of hydrogen-bond donors (Lipinski definition) is 1. The largest absolute Gasteiger partial charge is 0.445 e. The lowest BCUT2D eigenvalue weighted by Gasteiger charge is -2.35. The van der Waals surface area contributed by atoms with E-state index in [0.29, 0.717) is 49.2 Å². The van der Waals surface area contributed by atoms with Gasteiger partial charge in [-0.1, -0.05) is 30.3 Å². The van der Waals surface area contributed by atoms with Crippen LogP contribution in [-0.2, 0) is 11.3 Å². The Morgan fingerprint density at radius 2 is 1.82 bits per heavy atom. The fraction of sp³-hybridized carbons (Fsp3) is 0.368. The summed E-state index contributed by atoms with van der Waals surface area (Å²) in [6.45, 7) is 5.88. The number of nitrogens with zero attached hydrogens (tertiary/aromatic N) is 5. The van der Waals surface area contributed by atoms with Crippen molar-refractivity contribution in [3.8, 4) is 0 Å². The van der Waals surface area contributed by atoms with Crippen molar-refractivity contribution < 1.29 is 9.53 Å². The van der Waals surface area contributed by atoms with Crippen molar-refractivity contribution in [2.75, 3.05) is 31.1 Å². The molecule has 0 aliphatic carbocycles. The molecule has 0 saturated carbocycles. The number of amides is 1. The number of benzene rings is 1. The monoisotopic (exact) mass is 382 g/mol. The quantitative estimate of drug-likeness (QED) is 0.737. The maximum Gasteiger partial charge on any atom is 0.410 e. The molecule has 3 heterocycles. The number of H-pyrrole nitrogens is 1. The maximum atomic E-state index is 12.8. The second-order valence-electron chi connectivity index (χ2n) is 6.81. The van der Waals surface area contributed by atoms with Crippen molar-refractivity contribution in [1.82, 2.24) is 24.5 Å². The highest BCUT2D eigenvalue weighted by Crippen LogP contribution is 2.17. The van der Waals surface area contributed by atoms with Crippen LogP contribution in [0.5, 0.6) is 0 Å². The first-order valence-electron chi connectivity index (χ1n) is 9.19. The molecule has 3 aromatic rings. The van der Waals surface area contributed by atoms with E-state index in [0.717, 1.165) is 5.56 Å². The van der Waals surface area contributed by atoms with Crippen LogP contribution in [0, 0.1) is 13.8 Å². The van der Waals surface area contributed by atoms with Crippen LogP contribution in [0.3, 0.4) is 0 Å². The predicted molar refractivity (Wildman–Crippen MR) is 103 cm³/mol. The summed E-state index contributed by atoms with van der Waals surface area (Å²) in [5, 5.41) is 2.91. The molecule has 9 heteroatoms. The highest BCUT2D eigenvalue weighted by atomic mass is 16.6. The van der Waals surface area contributed by atoms with Gasteiger partial charge in [-0.15, -0.1) is 0 Å². The summed E-state index contributed by atoms with van der Waals surface area (Å²) in [6, 6.07) is 9.58. The van der Waals surface area contributed by atoms with Gasteiger partial charge in [0.1, 0.15) is 18.1 Å². The number of aryl methyl sites for hydroxylation is 2. The lowest BCUT2D eigenvalue weighted by atomic mass is 10.2. The smallest absolute Gasteiger partial charge is 0.410 e. The molecule has 0 radical (unpaired) electrons. The van der Waals surface area contributed by atoms with Crippen LogP contribution in [0.15, 0.2) is 35.1 Å². The lowest BCUT2D eigenvalue weighted by Crippen LogP contribution is -2.50. The molecule has 1 saturated heterocycles. The molecular weight excluding hydrogens is 360 g/mol. The molecule has 0 unspecified atom stereocenters. The number of aromatic nitrogens is 4. The number of rotatable bonds is 3. The standard InChI is InChI=1S/C19H22N6O3/c1-13-16(17(26)25-18(20-13)21-14(2)22-25)23-8-10-24(11-9-23)19(27)28-12-15-6-4-3-5-7-15/h3-7H,8-12H2,1-2H3,(H,20,21,22). The molecule has 146 valence electrons. The Labute approximate surface area is 161 Å². The Morgan fingerprint density at radius 3 is 2.54 bits per heavy atom. The minimum Gasteiger partial charge on any atom is -0.445 e. The lowest BCUT2D eigenvalue weighted by molar-refractivity contribution is 0.0941. The van der Waals surface area contributed by atoms with Crippen LogP contribution in [-0.4, -0.2) is 56.8 Å². The molecule has 1 amide bonds. The summed E-state index contributed by atoms with van der Waals surface area (Å²) in [5.41, 5.74) is 1.95. The Balaban J connectivity index is 1.42. The van der Waals surface area contributed by atoms with Crippen LogP contribution < -0.4 is 10.5 Å². The van der Waals surface area contributed by atoms with E-state index in [1.807, 2.05) is 35.2 Å². The molecule has 0 bridgehead atoms. The van der Waals surface area contributed by atoms with Crippen molar-refractivity contribution in [2.24, 2.45) is 0 Å². The maximum absolute atomic E-state index is 12.8. The van der Waals surface area contributed by atoms with E-state index >= 15 is 0 Å².